The number of nitrogens with zero attached hydrogens (tertiary/aromatic N) is 1. The monoisotopic (exact) mass is 474 g/mol. The summed E-state index contributed by atoms with van der Waals surface area (Å²) in [6.45, 7) is 9.12. The number of aliphatic hydroxyl groups is 1. The van der Waals surface area contributed by atoms with Crippen LogP contribution in [-0.4, -0.2) is 75.3 Å². The molecule has 0 saturated carbocycles. The lowest BCUT2D eigenvalue weighted by Gasteiger charge is -2.25. The highest BCUT2D eigenvalue weighted by molar-refractivity contribution is 7.86. The lowest BCUT2D eigenvalue weighted by molar-refractivity contribution is 0.180. The van der Waals surface area contributed by atoms with E-state index in [4.69, 9.17) is 14.2 Å². The molecule has 1 aliphatic rings. The van der Waals surface area contributed by atoms with Gasteiger partial charge in [0.1, 0.15) is 0 Å². The topological polar surface area (TPSA) is 144 Å². The fraction of sp³-hybridized carbons (Fsp3) is 0.400. The van der Waals surface area contributed by atoms with Crippen molar-refractivity contribution in [3.05, 3.63) is 59.7 Å². The van der Waals surface area contributed by atoms with Crippen molar-refractivity contribution >= 4 is 20.2 Å². The summed E-state index contributed by atoms with van der Waals surface area (Å²) in [5.74, 6) is 0. The number of nitrogens with one attached hydrogen (secondary N) is 1. The Morgan fingerprint density at radius 2 is 1.13 bits per heavy atom. The summed E-state index contributed by atoms with van der Waals surface area (Å²) in [6, 6.07) is 12.0. The molecule has 0 atom stereocenters. The van der Waals surface area contributed by atoms with E-state index in [1.54, 1.807) is 24.3 Å². The number of hydrogen-bond acceptors (Lipinski definition) is 7. The number of piperazine rings is 1. The zero-order chi connectivity index (χ0) is 23.5. The molecular formula is C20H30N2O7S2. The molecule has 0 aromatic heterocycles. The molecule has 9 nitrogen and oxygen atoms in total. The van der Waals surface area contributed by atoms with Gasteiger partial charge in [-0.05, 0) is 38.1 Å². The molecule has 1 fully saturated rings. The number of β-amino-alcohol motifs (C(OH)–C–C–N with tert-alkyl or cyclic N) is 1. The maximum atomic E-state index is 10.5. The molecule has 0 bridgehead atoms. The predicted octanol–water partition coefficient (Wildman–Crippen LogP) is 1.37. The van der Waals surface area contributed by atoms with Crippen LogP contribution in [0, 0.1) is 13.8 Å². The molecule has 4 N–H and O–H groups in total. The minimum absolute atomic E-state index is 0.0666. The van der Waals surface area contributed by atoms with Crippen LogP contribution in [0.3, 0.4) is 0 Å². The van der Waals surface area contributed by atoms with Crippen LogP contribution in [0.2, 0.25) is 0 Å². The lowest BCUT2D eigenvalue weighted by Crippen LogP contribution is -2.44. The second-order valence-electron chi connectivity index (χ2n) is 6.89. The Labute approximate surface area is 184 Å². The van der Waals surface area contributed by atoms with E-state index in [1.165, 1.54) is 24.3 Å². The highest BCUT2D eigenvalue weighted by atomic mass is 32.2. The van der Waals surface area contributed by atoms with Crippen molar-refractivity contribution < 1.29 is 31.0 Å². The quantitative estimate of drug-likeness (QED) is 0.483. The van der Waals surface area contributed by atoms with E-state index < -0.39 is 20.2 Å². The largest absolute Gasteiger partial charge is 0.395 e. The Balaban J connectivity index is 0.000000234. The zero-order valence-corrected chi connectivity index (χ0v) is 19.2. The molecule has 0 radical (unpaired) electrons. The molecule has 31 heavy (non-hydrogen) atoms. The van der Waals surface area contributed by atoms with Crippen LogP contribution in [0.15, 0.2) is 58.3 Å². The molecule has 1 heterocycles. The van der Waals surface area contributed by atoms with E-state index in [-0.39, 0.29) is 9.79 Å². The second-order valence-corrected chi connectivity index (χ2v) is 9.73. The van der Waals surface area contributed by atoms with Crippen molar-refractivity contribution in [2.45, 2.75) is 23.6 Å². The molecule has 2 aromatic carbocycles. The summed E-state index contributed by atoms with van der Waals surface area (Å²) in [7, 11) is -8.04. The minimum atomic E-state index is -4.02. The molecule has 2 aromatic rings. The van der Waals surface area contributed by atoms with Gasteiger partial charge in [0.15, 0.2) is 0 Å². The summed E-state index contributed by atoms with van der Waals surface area (Å²) in [6.07, 6.45) is 0. The zero-order valence-electron chi connectivity index (χ0n) is 17.6. The molecule has 0 unspecified atom stereocenters. The van der Waals surface area contributed by atoms with Crippen LogP contribution in [0.25, 0.3) is 0 Å². The summed E-state index contributed by atoms with van der Waals surface area (Å²) in [4.78, 5) is 2.13. The number of hydrogen-bond donors (Lipinski definition) is 4. The lowest BCUT2D eigenvalue weighted by atomic mass is 10.2. The second kappa shape index (κ2) is 12.9. The first-order valence-electron chi connectivity index (χ1n) is 9.55. The van der Waals surface area contributed by atoms with Gasteiger partial charge in [-0.25, -0.2) is 0 Å². The van der Waals surface area contributed by atoms with Crippen molar-refractivity contribution in [3.63, 3.8) is 0 Å². The molecule has 11 heteroatoms. The Morgan fingerprint density at radius 1 is 0.774 bits per heavy atom. The molecular weight excluding hydrogens is 444 g/mol. The van der Waals surface area contributed by atoms with E-state index in [9.17, 15) is 16.8 Å². The molecule has 0 spiro atoms. The number of aryl methyl sites for hydroxylation is 2. The standard InChI is InChI=1S/2C7H8O3S.C6H14N2O/c2*1-6-2-4-7(5-3-6)11(8,9)10;9-6-5-8-3-1-7-2-4-8/h2*2-5H,1H3,(H,8,9,10);7,9H,1-6H2. The Bertz CT molecular complexity index is 909. The van der Waals surface area contributed by atoms with Gasteiger partial charge in [-0.1, -0.05) is 35.4 Å². The Morgan fingerprint density at radius 3 is 1.42 bits per heavy atom. The summed E-state index contributed by atoms with van der Waals surface area (Å²) in [5, 5.41) is 11.8. The van der Waals surface area contributed by atoms with E-state index in [0.717, 1.165) is 43.9 Å². The van der Waals surface area contributed by atoms with Crippen molar-refractivity contribution in [1.29, 1.82) is 0 Å². The van der Waals surface area contributed by atoms with Gasteiger partial charge in [0.2, 0.25) is 0 Å². The smallest absolute Gasteiger partial charge is 0.294 e. The Kier molecular flexibility index (Phi) is 11.3. The maximum absolute atomic E-state index is 10.5. The van der Waals surface area contributed by atoms with Gasteiger partial charge in [0.05, 0.1) is 16.4 Å². The van der Waals surface area contributed by atoms with Crippen molar-refractivity contribution in [3.8, 4) is 0 Å². The van der Waals surface area contributed by atoms with Crippen LogP contribution >= 0.6 is 0 Å². The number of benzene rings is 2. The molecule has 3 rings (SSSR count). The molecule has 174 valence electrons. The first-order valence-corrected chi connectivity index (χ1v) is 12.4. The van der Waals surface area contributed by atoms with Crippen LogP contribution < -0.4 is 5.32 Å². The van der Waals surface area contributed by atoms with Gasteiger partial charge in [0, 0.05) is 32.7 Å². The van der Waals surface area contributed by atoms with Crippen LogP contribution in [0.1, 0.15) is 11.1 Å². The molecule has 1 saturated heterocycles. The SMILES string of the molecule is Cc1ccc(S(=O)(=O)O)cc1.Cc1ccc(S(=O)(=O)O)cc1.OCCN1CCNCC1. The molecule has 0 aliphatic carbocycles. The normalized spacial score (nSPS) is 14.6. The van der Waals surface area contributed by atoms with Gasteiger partial charge >= 0.3 is 0 Å². The average molecular weight is 475 g/mol. The molecule has 1 aliphatic heterocycles. The van der Waals surface area contributed by atoms with Crippen LogP contribution in [0.5, 0.6) is 0 Å². The van der Waals surface area contributed by atoms with E-state index in [1.807, 2.05) is 13.8 Å². The highest BCUT2D eigenvalue weighted by Gasteiger charge is 2.08. The number of rotatable bonds is 4. The first kappa shape index (κ1) is 27.2. The van der Waals surface area contributed by atoms with Gasteiger partial charge in [-0.15, -0.1) is 0 Å². The van der Waals surface area contributed by atoms with E-state index in [2.05, 4.69) is 10.2 Å². The van der Waals surface area contributed by atoms with Crippen molar-refractivity contribution in [1.82, 2.24) is 10.2 Å². The fourth-order valence-corrected chi connectivity index (χ4v) is 3.46. The Hall–Kier alpha value is -1.86. The van der Waals surface area contributed by atoms with Crippen LogP contribution in [0.4, 0.5) is 0 Å². The first-order chi connectivity index (χ1) is 14.4. The fourth-order valence-electron chi connectivity index (χ4n) is 2.50. The third-order valence-corrected chi connectivity index (χ3v) is 6.00. The van der Waals surface area contributed by atoms with Gasteiger partial charge in [-0.2, -0.15) is 16.8 Å². The van der Waals surface area contributed by atoms with E-state index >= 15 is 0 Å². The van der Waals surface area contributed by atoms with Gasteiger partial charge in [0.25, 0.3) is 20.2 Å². The molecule has 0 amide bonds. The number of aliphatic hydroxyl groups excluding tert-OH is 1. The third-order valence-electron chi connectivity index (χ3n) is 4.26. The van der Waals surface area contributed by atoms with Gasteiger partial charge < -0.3 is 10.4 Å². The summed E-state index contributed by atoms with van der Waals surface area (Å²) < 4.78 is 59.1. The highest BCUT2D eigenvalue weighted by Crippen LogP contribution is 2.09. The van der Waals surface area contributed by atoms with Crippen LogP contribution in [-0.2, 0) is 20.2 Å². The van der Waals surface area contributed by atoms with Crippen molar-refractivity contribution in [2.24, 2.45) is 0 Å². The van der Waals surface area contributed by atoms with Gasteiger partial charge in [-0.3, -0.25) is 14.0 Å². The van der Waals surface area contributed by atoms with E-state index in [0.29, 0.717) is 6.61 Å². The summed E-state index contributed by atoms with van der Waals surface area (Å²) in [5.41, 5.74) is 1.91. The van der Waals surface area contributed by atoms with Crippen molar-refractivity contribution in [2.75, 3.05) is 39.3 Å². The summed E-state index contributed by atoms with van der Waals surface area (Å²) >= 11 is 0. The average Bonchev–Trinajstić information content (AvgIpc) is 2.69. The maximum Gasteiger partial charge on any atom is 0.294 e. The predicted molar refractivity (Wildman–Crippen MR) is 118 cm³/mol. The minimum Gasteiger partial charge on any atom is -0.395 e. The third kappa shape index (κ3) is 11.4.